The number of hydrogen-bond donors (Lipinski definition) is 1. The molecule has 0 fully saturated rings. The number of likely N-dealkylation sites (N-methyl/N-ethyl adjacent to an activating group) is 1. The van der Waals surface area contributed by atoms with E-state index in [1.165, 1.54) is 0 Å². The number of fused-ring (bicyclic) bond motifs is 1. The van der Waals surface area contributed by atoms with Crippen molar-refractivity contribution >= 4 is 11.6 Å². The van der Waals surface area contributed by atoms with Crippen LogP contribution < -0.4 is 9.64 Å². The summed E-state index contributed by atoms with van der Waals surface area (Å²) in [6, 6.07) is 4.92. The van der Waals surface area contributed by atoms with Crippen LogP contribution in [0.15, 0.2) is 18.2 Å². The number of carbonyl (C=O) groups excluding carboxylic acids is 1. The molecule has 1 heterocycles. The number of carbonyl (C=O) groups is 1. The standard InChI is InChI=1S/C16H24N2O3/c1-5-16(6-2)15(20)18(10-9-17(3)4)13-8-7-12(19)11-14(13)21-16/h7-8,11,19H,5-6,9-10H2,1-4H3. The van der Waals surface area contributed by atoms with E-state index in [2.05, 4.69) is 0 Å². The summed E-state index contributed by atoms with van der Waals surface area (Å²) in [6.07, 6.45) is 1.21. The van der Waals surface area contributed by atoms with Gasteiger partial charge < -0.3 is 19.6 Å². The van der Waals surface area contributed by atoms with Crippen molar-refractivity contribution in [3.8, 4) is 11.5 Å². The molecule has 0 saturated heterocycles. The third-order valence-corrected chi connectivity index (χ3v) is 4.09. The molecule has 0 radical (unpaired) electrons. The average Bonchev–Trinajstić information content (AvgIpc) is 2.45. The van der Waals surface area contributed by atoms with E-state index in [0.29, 0.717) is 25.1 Å². The average molecular weight is 292 g/mol. The summed E-state index contributed by atoms with van der Waals surface area (Å²) >= 11 is 0. The second kappa shape index (κ2) is 5.93. The van der Waals surface area contributed by atoms with Crippen LogP contribution in [0.1, 0.15) is 26.7 Å². The first-order valence-corrected chi connectivity index (χ1v) is 7.42. The van der Waals surface area contributed by atoms with Gasteiger partial charge in [0.25, 0.3) is 5.91 Å². The zero-order valence-corrected chi connectivity index (χ0v) is 13.2. The number of phenolic OH excluding ortho intramolecular Hbond substituents is 1. The van der Waals surface area contributed by atoms with Crippen LogP contribution in [0.2, 0.25) is 0 Å². The fourth-order valence-corrected chi connectivity index (χ4v) is 2.64. The molecule has 1 aliphatic heterocycles. The van der Waals surface area contributed by atoms with Crippen LogP contribution >= 0.6 is 0 Å². The van der Waals surface area contributed by atoms with Gasteiger partial charge >= 0.3 is 0 Å². The zero-order chi connectivity index (χ0) is 15.6. The van der Waals surface area contributed by atoms with Crippen molar-refractivity contribution in [2.24, 2.45) is 0 Å². The molecule has 0 aliphatic carbocycles. The van der Waals surface area contributed by atoms with Gasteiger partial charge in [0.1, 0.15) is 11.5 Å². The van der Waals surface area contributed by atoms with Gasteiger partial charge in [-0.1, -0.05) is 13.8 Å². The first-order chi connectivity index (χ1) is 9.93. The Morgan fingerprint density at radius 3 is 2.52 bits per heavy atom. The number of hydrogen-bond acceptors (Lipinski definition) is 4. The van der Waals surface area contributed by atoms with E-state index in [9.17, 15) is 9.90 Å². The number of ether oxygens (including phenoxy) is 1. The maximum Gasteiger partial charge on any atom is 0.271 e. The summed E-state index contributed by atoms with van der Waals surface area (Å²) in [5, 5.41) is 9.68. The maximum absolute atomic E-state index is 12.9. The number of aromatic hydroxyl groups is 1. The predicted molar refractivity (Wildman–Crippen MR) is 83.0 cm³/mol. The van der Waals surface area contributed by atoms with Crippen molar-refractivity contribution in [2.75, 3.05) is 32.1 Å². The fourth-order valence-electron chi connectivity index (χ4n) is 2.64. The van der Waals surface area contributed by atoms with Crippen LogP contribution in [-0.2, 0) is 4.79 Å². The highest BCUT2D eigenvalue weighted by atomic mass is 16.5. The molecule has 0 unspecified atom stereocenters. The van der Waals surface area contributed by atoms with Crippen molar-refractivity contribution in [2.45, 2.75) is 32.3 Å². The van der Waals surface area contributed by atoms with Crippen LogP contribution in [0.5, 0.6) is 11.5 Å². The SMILES string of the molecule is CCC1(CC)Oc2cc(O)ccc2N(CCN(C)C)C1=O. The Labute approximate surface area is 126 Å². The monoisotopic (exact) mass is 292 g/mol. The molecule has 1 aromatic rings. The largest absolute Gasteiger partial charge is 0.508 e. The molecule has 0 bridgehead atoms. The fraction of sp³-hybridized carbons (Fsp3) is 0.562. The molecule has 5 nitrogen and oxygen atoms in total. The van der Waals surface area contributed by atoms with Crippen molar-refractivity contribution in [3.63, 3.8) is 0 Å². The van der Waals surface area contributed by atoms with Crippen LogP contribution in [0.4, 0.5) is 5.69 Å². The normalized spacial score (nSPS) is 16.8. The van der Waals surface area contributed by atoms with E-state index in [1.54, 1.807) is 23.1 Å². The van der Waals surface area contributed by atoms with Crippen LogP contribution in [0.25, 0.3) is 0 Å². The van der Waals surface area contributed by atoms with Crippen molar-refractivity contribution < 1.29 is 14.6 Å². The number of amides is 1. The summed E-state index contributed by atoms with van der Waals surface area (Å²) in [5.74, 6) is 0.737. The Bertz CT molecular complexity index is 524. The third kappa shape index (κ3) is 2.83. The Hall–Kier alpha value is -1.75. The minimum absolute atomic E-state index is 0.00698. The molecule has 5 heteroatoms. The molecule has 1 aliphatic rings. The number of rotatable bonds is 5. The summed E-state index contributed by atoms with van der Waals surface area (Å²) < 4.78 is 5.98. The molecule has 0 aromatic heterocycles. The lowest BCUT2D eigenvalue weighted by Gasteiger charge is -2.42. The highest BCUT2D eigenvalue weighted by molar-refractivity contribution is 6.03. The quantitative estimate of drug-likeness (QED) is 0.904. The van der Waals surface area contributed by atoms with Gasteiger partial charge in [-0.15, -0.1) is 0 Å². The van der Waals surface area contributed by atoms with Crippen molar-refractivity contribution in [1.29, 1.82) is 0 Å². The van der Waals surface area contributed by atoms with Crippen LogP contribution in [-0.4, -0.2) is 48.7 Å². The molecule has 1 amide bonds. The molecule has 1 aromatic carbocycles. The Morgan fingerprint density at radius 1 is 1.29 bits per heavy atom. The van der Waals surface area contributed by atoms with Gasteiger partial charge in [0.15, 0.2) is 5.60 Å². The number of phenols is 1. The second-order valence-corrected chi connectivity index (χ2v) is 5.72. The van der Waals surface area contributed by atoms with E-state index in [4.69, 9.17) is 4.74 Å². The van der Waals surface area contributed by atoms with Gasteiger partial charge in [0, 0.05) is 19.2 Å². The van der Waals surface area contributed by atoms with Gasteiger partial charge in [-0.25, -0.2) is 0 Å². The minimum Gasteiger partial charge on any atom is -0.508 e. The molecule has 0 spiro atoms. The summed E-state index contributed by atoms with van der Waals surface area (Å²) in [4.78, 5) is 16.7. The van der Waals surface area contributed by atoms with Crippen molar-refractivity contribution in [1.82, 2.24) is 4.90 Å². The Kier molecular flexibility index (Phi) is 4.42. The zero-order valence-electron chi connectivity index (χ0n) is 13.2. The molecule has 0 saturated carbocycles. The number of benzene rings is 1. The second-order valence-electron chi connectivity index (χ2n) is 5.72. The van der Waals surface area contributed by atoms with Gasteiger partial charge in [-0.3, -0.25) is 4.79 Å². The molecular weight excluding hydrogens is 268 g/mol. The number of nitrogens with zero attached hydrogens (tertiary/aromatic N) is 2. The highest BCUT2D eigenvalue weighted by Crippen LogP contribution is 2.42. The molecule has 0 atom stereocenters. The lowest BCUT2D eigenvalue weighted by Crippen LogP contribution is -2.56. The van der Waals surface area contributed by atoms with Gasteiger partial charge in [-0.2, -0.15) is 0 Å². The van der Waals surface area contributed by atoms with E-state index in [0.717, 1.165) is 12.2 Å². The van der Waals surface area contributed by atoms with Crippen molar-refractivity contribution in [3.05, 3.63) is 18.2 Å². The van der Waals surface area contributed by atoms with E-state index < -0.39 is 5.60 Å². The Morgan fingerprint density at radius 2 is 1.95 bits per heavy atom. The number of anilines is 1. The van der Waals surface area contributed by atoms with Crippen LogP contribution in [0.3, 0.4) is 0 Å². The lowest BCUT2D eigenvalue weighted by molar-refractivity contribution is -0.136. The molecule has 1 N–H and O–H groups in total. The predicted octanol–water partition coefficient (Wildman–Crippen LogP) is 2.24. The maximum atomic E-state index is 12.9. The van der Waals surface area contributed by atoms with E-state index >= 15 is 0 Å². The van der Waals surface area contributed by atoms with Gasteiger partial charge in [0.2, 0.25) is 0 Å². The van der Waals surface area contributed by atoms with Crippen LogP contribution in [0, 0.1) is 0 Å². The molecule has 116 valence electrons. The summed E-state index contributed by atoms with van der Waals surface area (Å²) in [6.45, 7) is 5.29. The molecule has 21 heavy (non-hydrogen) atoms. The Balaban J connectivity index is 2.44. The smallest absolute Gasteiger partial charge is 0.271 e. The highest BCUT2D eigenvalue weighted by Gasteiger charge is 2.45. The minimum atomic E-state index is -0.826. The molecular formula is C16H24N2O3. The first-order valence-electron chi connectivity index (χ1n) is 7.42. The summed E-state index contributed by atoms with van der Waals surface area (Å²) in [5.41, 5.74) is -0.0928. The van der Waals surface area contributed by atoms with Gasteiger partial charge in [0.05, 0.1) is 5.69 Å². The van der Waals surface area contributed by atoms with E-state index in [1.807, 2.05) is 32.8 Å². The van der Waals surface area contributed by atoms with Gasteiger partial charge in [-0.05, 0) is 39.1 Å². The lowest BCUT2D eigenvalue weighted by atomic mass is 9.92. The van der Waals surface area contributed by atoms with E-state index in [-0.39, 0.29) is 11.7 Å². The topological polar surface area (TPSA) is 53.0 Å². The molecule has 2 rings (SSSR count). The summed E-state index contributed by atoms with van der Waals surface area (Å²) in [7, 11) is 3.96. The first kappa shape index (κ1) is 15.6. The third-order valence-electron chi connectivity index (χ3n) is 4.09.